The van der Waals surface area contributed by atoms with Crippen LogP contribution in [0.5, 0.6) is 0 Å². The zero-order valence-electron chi connectivity index (χ0n) is 14.4. The molecule has 0 aliphatic heterocycles. The van der Waals surface area contributed by atoms with E-state index < -0.39 is 0 Å². The third kappa shape index (κ3) is 4.38. The van der Waals surface area contributed by atoms with Gasteiger partial charge in [-0.15, -0.1) is 0 Å². The SMILES string of the molecule is CCCC(=O)Cc1cccc(CC(=O)c2cnc3ccccc3c2)c1. The van der Waals surface area contributed by atoms with Gasteiger partial charge in [-0.2, -0.15) is 0 Å². The summed E-state index contributed by atoms with van der Waals surface area (Å²) in [6.45, 7) is 2.00. The van der Waals surface area contributed by atoms with Crippen molar-refractivity contribution in [1.82, 2.24) is 4.98 Å². The molecule has 1 aromatic heterocycles. The average molecular weight is 331 g/mol. The summed E-state index contributed by atoms with van der Waals surface area (Å²) in [5, 5.41) is 0.965. The fourth-order valence-corrected chi connectivity index (χ4v) is 2.96. The fraction of sp³-hybridized carbons (Fsp3) is 0.227. The summed E-state index contributed by atoms with van der Waals surface area (Å²) in [5.41, 5.74) is 3.40. The highest BCUT2D eigenvalue weighted by atomic mass is 16.1. The maximum Gasteiger partial charge on any atom is 0.168 e. The number of ketones is 2. The molecule has 0 saturated heterocycles. The smallest absolute Gasteiger partial charge is 0.168 e. The maximum absolute atomic E-state index is 12.6. The van der Waals surface area contributed by atoms with Crippen molar-refractivity contribution in [3.63, 3.8) is 0 Å². The number of aromatic nitrogens is 1. The Morgan fingerprint density at radius 1 is 0.920 bits per heavy atom. The van der Waals surface area contributed by atoms with Crippen molar-refractivity contribution < 1.29 is 9.59 Å². The second-order valence-electron chi connectivity index (χ2n) is 6.30. The Kier molecular flexibility index (Phi) is 5.34. The van der Waals surface area contributed by atoms with Crippen LogP contribution in [-0.2, 0) is 17.6 Å². The molecular weight excluding hydrogens is 310 g/mol. The number of hydrogen-bond acceptors (Lipinski definition) is 3. The van der Waals surface area contributed by atoms with Crippen molar-refractivity contribution >= 4 is 22.5 Å². The normalized spacial score (nSPS) is 10.8. The molecule has 0 saturated carbocycles. The van der Waals surface area contributed by atoms with Crippen molar-refractivity contribution in [2.75, 3.05) is 0 Å². The van der Waals surface area contributed by atoms with Crippen molar-refractivity contribution in [3.8, 4) is 0 Å². The molecule has 0 atom stereocenters. The molecule has 3 rings (SSSR count). The van der Waals surface area contributed by atoms with E-state index in [9.17, 15) is 9.59 Å². The summed E-state index contributed by atoms with van der Waals surface area (Å²) in [4.78, 5) is 28.8. The highest BCUT2D eigenvalue weighted by Crippen LogP contribution is 2.15. The molecule has 2 aromatic carbocycles. The van der Waals surface area contributed by atoms with E-state index in [1.54, 1.807) is 6.20 Å². The Hall–Kier alpha value is -2.81. The van der Waals surface area contributed by atoms with Crippen LogP contribution in [0.25, 0.3) is 10.9 Å². The van der Waals surface area contributed by atoms with Gasteiger partial charge in [-0.1, -0.05) is 49.4 Å². The Morgan fingerprint density at radius 2 is 1.68 bits per heavy atom. The molecule has 0 spiro atoms. The van der Waals surface area contributed by atoms with Crippen molar-refractivity contribution in [2.45, 2.75) is 32.6 Å². The lowest BCUT2D eigenvalue weighted by molar-refractivity contribution is -0.118. The molecule has 0 fully saturated rings. The molecule has 1 heterocycles. The number of pyridine rings is 1. The minimum atomic E-state index is 0.0373. The number of para-hydroxylation sites is 1. The fourth-order valence-electron chi connectivity index (χ4n) is 2.96. The van der Waals surface area contributed by atoms with Gasteiger partial charge in [0.25, 0.3) is 0 Å². The molecule has 25 heavy (non-hydrogen) atoms. The summed E-state index contributed by atoms with van der Waals surface area (Å²) in [6, 6.07) is 17.4. The Balaban J connectivity index is 1.74. The molecule has 0 aliphatic rings. The maximum atomic E-state index is 12.6. The first-order valence-corrected chi connectivity index (χ1v) is 8.63. The monoisotopic (exact) mass is 331 g/mol. The van der Waals surface area contributed by atoms with Gasteiger partial charge in [0, 0.05) is 36.4 Å². The number of hydrogen-bond donors (Lipinski definition) is 0. The first-order chi connectivity index (χ1) is 12.2. The molecule has 0 aliphatic carbocycles. The van der Waals surface area contributed by atoms with Gasteiger partial charge in [-0.05, 0) is 29.7 Å². The number of rotatable bonds is 7. The van der Waals surface area contributed by atoms with E-state index in [1.165, 1.54) is 0 Å². The molecule has 3 aromatic rings. The van der Waals surface area contributed by atoms with Gasteiger partial charge >= 0.3 is 0 Å². The van der Waals surface area contributed by atoms with Gasteiger partial charge in [0.05, 0.1) is 5.52 Å². The Labute approximate surface area is 147 Å². The van der Waals surface area contributed by atoms with E-state index in [-0.39, 0.29) is 11.6 Å². The predicted octanol–water partition coefficient (Wildman–Crippen LogP) is 4.57. The van der Waals surface area contributed by atoms with Crippen LogP contribution in [0.4, 0.5) is 0 Å². The highest BCUT2D eigenvalue weighted by Gasteiger charge is 2.10. The van der Waals surface area contributed by atoms with Crippen molar-refractivity contribution in [1.29, 1.82) is 0 Å². The quantitative estimate of drug-likeness (QED) is 0.596. The Morgan fingerprint density at radius 3 is 2.48 bits per heavy atom. The van der Waals surface area contributed by atoms with Crippen LogP contribution in [0.2, 0.25) is 0 Å². The minimum Gasteiger partial charge on any atom is -0.299 e. The summed E-state index contributed by atoms with van der Waals surface area (Å²) < 4.78 is 0. The zero-order valence-corrected chi connectivity index (χ0v) is 14.4. The molecule has 0 radical (unpaired) electrons. The predicted molar refractivity (Wildman–Crippen MR) is 99.8 cm³/mol. The van der Waals surface area contributed by atoms with Crippen LogP contribution >= 0.6 is 0 Å². The van der Waals surface area contributed by atoms with Crippen LogP contribution in [0.3, 0.4) is 0 Å². The lowest BCUT2D eigenvalue weighted by Gasteiger charge is -2.06. The molecule has 3 nitrogen and oxygen atoms in total. The number of Topliss-reactive ketones (excluding diaryl/α,β-unsaturated/α-hetero) is 2. The van der Waals surface area contributed by atoms with Gasteiger partial charge in [0.1, 0.15) is 5.78 Å². The second-order valence-corrected chi connectivity index (χ2v) is 6.30. The third-order valence-corrected chi connectivity index (χ3v) is 4.20. The van der Waals surface area contributed by atoms with Crippen molar-refractivity contribution in [3.05, 3.63) is 77.5 Å². The zero-order chi connectivity index (χ0) is 17.6. The number of carbonyl (C=O) groups is 2. The van der Waals surface area contributed by atoms with Gasteiger partial charge in [-0.3, -0.25) is 14.6 Å². The molecule has 0 amide bonds. The summed E-state index contributed by atoms with van der Waals surface area (Å²) >= 11 is 0. The van der Waals surface area contributed by atoms with E-state index in [2.05, 4.69) is 4.98 Å². The number of nitrogens with zero attached hydrogens (tertiary/aromatic N) is 1. The number of benzene rings is 2. The van der Waals surface area contributed by atoms with E-state index >= 15 is 0 Å². The van der Waals surface area contributed by atoms with Gasteiger partial charge in [0.2, 0.25) is 0 Å². The first-order valence-electron chi connectivity index (χ1n) is 8.63. The van der Waals surface area contributed by atoms with E-state index in [1.807, 2.05) is 61.5 Å². The molecular formula is C22H21NO2. The van der Waals surface area contributed by atoms with Crippen LogP contribution in [-0.4, -0.2) is 16.6 Å². The number of fused-ring (bicyclic) bond motifs is 1. The van der Waals surface area contributed by atoms with E-state index in [0.29, 0.717) is 24.8 Å². The van der Waals surface area contributed by atoms with Crippen molar-refractivity contribution in [2.24, 2.45) is 0 Å². The van der Waals surface area contributed by atoms with Gasteiger partial charge in [-0.25, -0.2) is 0 Å². The second kappa shape index (κ2) is 7.84. The van der Waals surface area contributed by atoms with Crippen LogP contribution in [0.1, 0.15) is 41.3 Å². The van der Waals surface area contributed by atoms with E-state index in [0.717, 1.165) is 28.5 Å². The highest BCUT2D eigenvalue weighted by molar-refractivity contribution is 6.00. The molecule has 0 bridgehead atoms. The largest absolute Gasteiger partial charge is 0.299 e. The standard InChI is InChI=1S/C22H21NO2/c1-2-6-20(24)12-16-7-5-8-17(11-16)13-22(25)19-14-18-9-3-4-10-21(18)23-15-19/h3-5,7-11,14-15H,2,6,12-13H2,1H3. The first kappa shape index (κ1) is 17.0. The Bertz CT molecular complexity index is 915. The lowest BCUT2D eigenvalue weighted by Crippen LogP contribution is -2.06. The minimum absolute atomic E-state index is 0.0373. The van der Waals surface area contributed by atoms with Crippen LogP contribution in [0, 0.1) is 0 Å². The average Bonchev–Trinajstić information content (AvgIpc) is 2.61. The van der Waals surface area contributed by atoms with Gasteiger partial charge in [0.15, 0.2) is 5.78 Å². The van der Waals surface area contributed by atoms with Gasteiger partial charge < -0.3 is 0 Å². The summed E-state index contributed by atoms with van der Waals surface area (Å²) in [6.07, 6.45) is 3.86. The molecule has 3 heteroatoms. The topological polar surface area (TPSA) is 47.0 Å². The van der Waals surface area contributed by atoms with Crippen LogP contribution in [0.15, 0.2) is 60.8 Å². The van der Waals surface area contributed by atoms with Crippen LogP contribution < -0.4 is 0 Å². The molecule has 0 N–H and O–H groups in total. The molecule has 126 valence electrons. The molecule has 0 unspecified atom stereocenters. The summed E-state index contributed by atoms with van der Waals surface area (Å²) in [7, 11) is 0. The number of carbonyl (C=O) groups excluding carboxylic acids is 2. The summed E-state index contributed by atoms with van der Waals surface area (Å²) in [5.74, 6) is 0.278. The lowest BCUT2D eigenvalue weighted by atomic mass is 9.99. The third-order valence-electron chi connectivity index (χ3n) is 4.20. The van der Waals surface area contributed by atoms with E-state index in [4.69, 9.17) is 0 Å².